The first kappa shape index (κ1) is 25.6. The Hall–Kier alpha value is -4.72. The summed E-state index contributed by atoms with van der Waals surface area (Å²) < 4.78 is 3.18. The van der Waals surface area contributed by atoms with Crippen LogP contribution in [0.25, 0.3) is 28.2 Å². The molecule has 40 heavy (non-hydrogen) atoms. The quantitative estimate of drug-likeness (QED) is 0.292. The van der Waals surface area contributed by atoms with Gasteiger partial charge in [-0.1, -0.05) is 67.8 Å². The SMILES string of the molecule is C[C@H](NC(=O)c1c(N)nn2cccnc12)c1cc2cccc(/C=C/C3CCCCC3)c2c(=O)n1-c1ccccc1. The maximum atomic E-state index is 14.2. The molecule has 202 valence electrons. The number of nitrogens with zero attached hydrogens (tertiary/aromatic N) is 4. The molecule has 0 radical (unpaired) electrons. The Kier molecular flexibility index (Phi) is 6.90. The smallest absolute Gasteiger partial charge is 0.263 e. The fourth-order valence-corrected chi connectivity index (χ4v) is 5.74. The highest BCUT2D eigenvalue weighted by Crippen LogP contribution is 2.28. The summed E-state index contributed by atoms with van der Waals surface area (Å²) in [6, 6.07) is 18.6. The van der Waals surface area contributed by atoms with E-state index in [9.17, 15) is 9.59 Å². The van der Waals surface area contributed by atoms with Gasteiger partial charge in [0.1, 0.15) is 5.56 Å². The molecule has 3 aromatic heterocycles. The van der Waals surface area contributed by atoms with Crippen molar-refractivity contribution in [3.63, 3.8) is 0 Å². The fourth-order valence-electron chi connectivity index (χ4n) is 5.74. The number of nitrogen functional groups attached to an aromatic ring is 1. The summed E-state index contributed by atoms with van der Waals surface area (Å²) in [6.07, 6.45) is 13.9. The number of carbonyl (C=O) groups is 1. The van der Waals surface area contributed by atoms with Crippen molar-refractivity contribution in [2.75, 3.05) is 5.73 Å². The monoisotopic (exact) mass is 532 g/mol. The highest BCUT2D eigenvalue weighted by Gasteiger charge is 2.24. The van der Waals surface area contributed by atoms with Crippen LogP contribution >= 0.6 is 0 Å². The molecular formula is C32H32N6O2. The molecule has 0 spiro atoms. The van der Waals surface area contributed by atoms with Gasteiger partial charge < -0.3 is 11.1 Å². The van der Waals surface area contributed by atoms with E-state index in [1.54, 1.807) is 23.0 Å². The summed E-state index contributed by atoms with van der Waals surface area (Å²) in [4.78, 5) is 32.0. The largest absolute Gasteiger partial charge is 0.381 e. The Labute approximate surface area is 232 Å². The highest BCUT2D eigenvalue weighted by molar-refractivity contribution is 6.04. The first-order valence-electron chi connectivity index (χ1n) is 13.8. The Morgan fingerprint density at radius 2 is 1.88 bits per heavy atom. The molecule has 1 saturated carbocycles. The van der Waals surface area contributed by atoms with Gasteiger partial charge in [0.15, 0.2) is 11.5 Å². The molecule has 2 aromatic carbocycles. The van der Waals surface area contributed by atoms with E-state index >= 15 is 0 Å². The minimum atomic E-state index is -0.524. The van der Waals surface area contributed by atoms with Crippen molar-refractivity contribution in [3.8, 4) is 5.69 Å². The molecule has 8 heteroatoms. The number of fused-ring (bicyclic) bond motifs is 2. The Morgan fingerprint density at radius 1 is 1.07 bits per heavy atom. The first-order valence-corrected chi connectivity index (χ1v) is 13.8. The van der Waals surface area contributed by atoms with E-state index < -0.39 is 11.9 Å². The lowest BCUT2D eigenvalue weighted by molar-refractivity contribution is 0.0941. The maximum Gasteiger partial charge on any atom is 0.263 e. The lowest BCUT2D eigenvalue weighted by Crippen LogP contribution is -2.32. The van der Waals surface area contributed by atoms with Gasteiger partial charge >= 0.3 is 0 Å². The second kappa shape index (κ2) is 10.8. The number of rotatable bonds is 6. The van der Waals surface area contributed by atoms with Crippen molar-refractivity contribution in [2.45, 2.75) is 45.1 Å². The second-order valence-corrected chi connectivity index (χ2v) is 10.5. The highest BCUT2D eigenvalue weighted by atomic mass is 16.2. The number of pyridine rings is 1. The van der Waals surface area contributed by atoms with E-state index in [1.165, 1.54) is 36.6 Å². The van der Waals surface area contributed by atoms with Gasteiger partial charge in [-0.3, -0.25) is 14.2 Å². The van der Waals surface area contributed by atoms with Crippen LogP contribution in [0.15, 0.2) is 83.9 Å². The zero-order chi connectivity index (χ0) is 27.6. The summed E-state index contributed by atoms with van der Waals surface area (Å²) in [5.41, 5.74) is 8.85. The van der Waals surface area contributed by atoms with Gasteiger partial charge in [-0.05, 0) is 60.9 Å². The number of amides is 1. The van der Waals surface area contributed by atoms with Crippen molar-refractivity contribution >= 4 is 34.2 Å². The van der Waals surface area contributed by atoms with E-state index in [0.717, 1.165) is 16.6 Å². The number of allylic oxidation sites excluding steroid dienone is 1. The molecule has 0 saturated heterocycles. The molecule has 5 aromatic rings. The predicted octanol–water partition coefficient (Wildman–Crippen LogP) is 5.70. The van der Waals surface area contributed by atoms with Crippen LogP contribution in [0, 0.1) is 5.92 Å². The molecule has 8 nitrogen and oxygen atoms in total. The third-order valence-corrected chi connectivity index (χ3v) is 7.76. The van der Waals surface area contributed by atoms with Crippen LogP contribution in [0.2, 0.25) is 0 Å². The first-order chi connectivity index (χ1) is 19.5. The molecule has 1 aliphatic rings. The Balaban J connectivity index is 1.44. The lowest BCUT2D eigenvalue weighted by atomic mass is 9.88. The van der Waals surface area contributed by atoms with E-state index in [0.29, 0.717) is 22.6 Å². The van der Waals surface area contributed by atoms with E-state index in [2.05, 4.69) is 27.6 Å². The molecule has 1 amide bonds. The molecule has 0 bridgehead atoms. The summed E-state index contributed by atoms with van der Waals surface area (Å²) in [5.74, 6) is 0.239. The number of hydrogen-bond donors (Lipinski definition) is 2. The van der Waals surface area contributed by atoms with Gasteiger partial charge in [0.2, 0.25) is 0 Å². The number of benzene rings is 2. The summed E-state index contributed by atoms with van der Waals surface area (Å²) in [6.45, 7) is 1.86. The number of nitrogens with two attached hydrogens (primary N) is 1. The lowest BCUT2D eigenvalue weighted by Gasteiger charge is -2.21. The van der Waals surface area contributed by atoms with Crippen LogP contribution in [0.5, 0.6) is 0 Å². The van der Waals surface area contributed by atoms with Gasteiger partial charge in [0, 0.05) is 23.8 Å². The van der Waals surface area contributed by atoms with E-state index in [1.807, 2.05) is 61.5 Å². The van der Waals surface area contributed by atoms with Gasteiger partial charge in [-0.2, -0.15) is 0 Å². The number of anilines is 1. The van der Waals surface area contributed by atoms with Crippen molar-refractivity contribution in [3.05, 3.63) is 106 Å². The van der Waals surface area contributed by atoms with Gasteiger partial charge in [-0.25, -0.2) is 9.50 Å². The van der Waals surface area contributed by atoms with E-state index in [-0.39, 0.29) is 16.9 Å². The second-order valence-electron chi connectivity index (χ2n) is 10.5. The van der Waals surface area contributed by atoms with Crippen molar-refractivity contribution < 1.29 is 4.79 Å². The van der Waals surface area contributed by atoms with Crippen molar-refractivity contribution in [1.29, 1.82) is 0 Å². The molecule has 3 heterocycles. The van der Waals surface area contributed by atoms with Crippen LogP contribution in [0.1, 0.15) is 66.7 Å². The van der Waals surface area contributed by atoms with E-state index in [4.69, 9.17) is 5.73 Å². The number of carbonyl (C=O) groups excluding carboxylic acids is 1. The van der Waals surface area contributed by atoms with Crippen LogP contribution in [-0.4, -0.2) is 25.1 Å². The molecular weight excluding hydrogens is 500 g/mol. The summed E-state index contributed by atoms with van der Waals surface area (Å²) >= 11 is 0. The van der Waals surface area contributed by atoms with Gasteiger partial charge in [-0.15, -0.1) is 5.10 Å². The average molecular weight is 533 g/mol. The number of hydrogen-bond acceptors (Lipinski definition) is 5. The minimum Gasteiger partial charge on any atom is -0.381 e. The third-order valence-electron chi connectivity index (χ3n) is 7.76. The number of aromatic nitrogens is 4. The number of nitrogens with one attached hydrogen (secondary N) is 1. The molecule has 6 rings (SSSR count). The standard InChI is InChI=1S/C32H32N6O2/c1-21(35-31(39)28-29(33)36-37-19-9-18-34-30(28)37)26-20-24-13-8-12-23(17-16-22-10-4-2-5-11-22)27(24)32(40)38(26)25-14-6-3-7-15-25/h3,6-9,12-22H,2,4-5,10-11H2,1H3,(H2,33,36)(H,35,39)/b17-16+/t21-/m0/s1. The predicted molar refractivity (Wildman–Crippen MR) is 158 cm³/mol. The Morgan fingerprint density at radius 3 is 2.67 bits per heavy atom. The van der Waals surface area contributed by atoms with Crippen LogP contribution in [0.4, 0.5) is 5.82 Å². The third kappa shape index (κ3) is 4.77. The fraction of sp³-hybridized carbons (Fsp3) is 0.250. The molecule has 0 unspecified atom stereocenters. The van der Waals surface area contributed by atoms with Gasteiger partial charge in [0.05, 0.1) is 11.4 Å². The van der Waals surface area contributed by atoms with Crippen LogP contribution in [0.3, 0.4) is 0 Å². The van der Waals surface area contributed by atoms with Gasteiger partial charge in [0.25, 0.3) is 11.5 Å². The summed E-state index contributed by atoms with van der Waals surface area (Å²) in [5, 5.41) is 8.73. The summed E-state index contributed by atoms with van der Waals surface area (Å²) in [7, 11) is 0. The number of para-hydroxylation sites is 1. The molecule has 1 aliphatic carbocycles. The molecule has 1 atom stereocenters. The average Bonchev–Trinajstić information content (AvgIpc) is 3.32. The minimum absolute atomic E-state index is 0.0942. The van der Waals surface area contributed by atoms with Crippen molar-refractivity contribution in [2.24, 2.45) is 5.92 Å². The molecule has 3 N–H and O–H groups in total. The Bertz CT molecular complexity index is 1780. The normalized spacial score (nSPS) is 15.1. The molecule has 0 aliphatic heterocycles. The zero-order valence-corrected chi connectivity index (χ0v) is 22.5. The molecule has 1 fully saturated rings. The maximum absolute atomic E-state index is 14.2. The van der Waals surface area contributed by atoms with Crippen molar-refractivity contribution in [1.82, 2.24) is 24.5 Å². The topological polar surface area (TPSA) is 107 Å². The zero-order valence-electron chi connectivity index (χ0n) is 22.5. The van der Waals surface area contributed by atoms with Crippen LogP contribution < -0.4 is 16.6 Å². The van der Waals surface area contributed by atoms with Crippen LogP contribution in [-0.2, 0) is 0 Å².